The second-order valence-electron chi connectivity index (χ2n) is 5.54. The lowest BCUT2D eigenvalue weighted by Gasteiger charge is -2.17. The maximum absolute atomic E-state index is 12.2. The number of ketones is 1. The van der Waals surface area contributed by atoms with Crippen molar-refractivity contribution in [3.63, 3.8) is 0 Å². The summed E-state index contributed by atoms with van der Waals surface area (Å²) in [5.41, 5.74) is 1.52. The molecule has 0 bridgehead atoms. The molecule has 2 N–H and O–H groups in total. The van der Waals surface area contributed by atoms with Gasteiger partial charge in [0.2, 0.25) is 0 Å². The predicted octanol–water partition coefficient (Wildman–Crippen LogP) is 3.16. The van der Waals surface area contributed by atoms with Crippen LogP contribution in [0.1, 0.15) is 36.2 Å². The molecule has 1 aromatic carbocycles. The van der Waals surface area contributed by atoms with Crippen LogP contribution in [0.3, 0.4) is 0 Å². The first-order valence-electron chi connectivity index (χ1n) is 6.15. The summed E-state index contributed by atoms with van der Waals surface area (Å²) < 4.78 is 0. The lowest BCUT2D eigenvalue weighted by molar-refractivity contribution is -0.146. The van der Waals surface area contributed by atoms with E-state index in [1.54, 1.807) is 20.0 Å². The Balaban J connectivity index is 2.35. The van der Waals surface area contributed by atoms with Crippen molar-refractivity contribution in [3.05, 3.63) is 35.5 Å². The topological polar surface area (TPSA) is 70.2 Å². The van der Waals surface area contributed by atoms with E-state index in [4.69, 9.17) is 5.11 Å². The fraction of sp³-hybridized carbons (Fsp3) is 0.333. The van der Waals surface area contributed by atoms with Crippen molar-refractivity contribution in [3.8, 4) is 0 Å². The van der Waals surface area contributed by atoms with Crippen molar-refractivity contribution in [2.75, 3.05) is 0 Å². The maximum atomic E-state index is 12.2. The molecule has 0 aliphatic carbocycles. The number of carbonyl (C=O) groups is 2. The second kappa shape index (κ2) is 4.53. The summed E-state index contributed by atoms with van der Waals surface area (Å²) >= 11 is 0. The third-order valence-electron chi connectivity index (χ3n) is 3.32. The molecule has 0 radical (unpaired) electrons. The van der Waals surface area contributed by atoms with Crippen molar-refractivity contribution in [2.24, 2.45) is 5.41 Å². The number of carboxylic acids is 1. The fourth-order valence-corrected chi connectivity index (χ4v) is 2.04. The van der Waals surface area contributed by atoms with E-state index in [2.05, 4.69) is 4.98 Å². The van der Waals surface area contributed by atoms with Crippen LogP contribution >= 0.6 is 0 Å². The molecule has 2 rings (SSSR count). The first-order chi connectivity index (χ1) is 8.81. The number of carboxylic acid groups (broad SMARTS) is 1. The van der Waals surface area contributed by atoms with Crippen molar-refractivity contribution >= 4 is 22.7 Å². The van der Waals surface area contributed by atoms with Crippen LogP contribution < -0.4 is 0 Å². The van der Waals surface area contributed by atoms with Crippen LogP contribution in [0, 0.1) is 12.3 Å². The molecule has 0 fully saturated rings. The molecular formula is C15H17NO3. The summed E-state index contributed by atoms with van der Waals surface area (Å²) in [6, 6.07) is 5.80. The molecule has 19 heavy (non-hydrogen) atoms. The molecule has 0 unspecified atom stereocenters. The van der Waals surface area contributed by atoms with Gasteiger partial charge in [0, 0.05) is 29.1 Å². The second-order valence-corrected chi connectivity index (χ2v) is 5.54. The Morgan fingerprint density at radius 2 is 2.00 bits per heavy atom. The monoisotopic (exact) mass is 259 g/mol. The van der Waals surface area contributed by atoms with E-state index in [-0.39, 0.29) is 12.2 Å². The average molecular weight is 259 g/mol. The number of Topliss-reactive ketones (excluding diaryl/α,β-unsaturated/α-hetero) is 1. The lowest BCUT2D eigenvalue weighted by Crippen LogP contribution is -2.26. The van der Waals surface area contributed by atoms with Gasteiger partial charge < -0.3 is 10.1 Å². The zero-order valence-electron chi connectivity index (χ0n) is 11.3. The first kappa shape index (κ1) is 13.3. The Morgan fingerprint density at radius 3 is 2.63 bits per heavy atom. The number of aromatic nitrogens is 1. The number of aryl methyl sites for hydroxylation is 1. The number of nitrogens with one attached hydrogen (secondary N) is 1. The Bertz CT molecular complexity index is 652. The van der Waals surface area contributed by atoms with E-state index >= 15 is 0 Å². The van der Waals surface area contributed by atoms with Gasteiger partial charge in [-0.15, -0.1) is 0 Å². The summed E-state index contributed by atoms with van der Waals surface area (Å²) in [7, 11) is 0. The number of hydrogen-bond donors (Lipinski definition) is 2. The Labute approximate surface area is 111 Å². The third-order valence-corrected chi connectivity index (χ3v) is 3.32. The molecule has 0 saturated carbocycles. The summed E-state index contributed by atoms with van der Waals surface area (Å²) in [4.78, 5) is 26.4. The van der Waals surface area contributed by atoms with Crippen molar-refractivity contribution in [1.29, 1.82) is 0 Å². The predicted molar refractivity (Wildman–Crippen MR) is 73.4 cm³/mol. The fourth-order valence-electron chi connectivity index (χ4n) is 2.04. The van der Waals surface area contributed by atoms with Gasteiger partial charge in [0.15, 0.2) is 5.78 Å². The standard InChI is InChI=1S/C15H17NO3/c1-9-4-5-10-11(8-16-12(10)6-9)13(17)7-15(2,3)14(18)19/h4-6,8,16H,7H2,1-3H3,(H,18,19). The largest absolute Gasteiger partial charge is 0.481 e. The van der Waals surface area contributed by atoms with Crippen molar-refractivity contribution < 1.29 is 14.7 Å². The van der Waals surface area contributed by atoms with Gasteiger partial charge in [-0.3, -0.25) is 9.59 Å². The molecule has 0 atom stereocenters. The third kappa shape index (κ3) is 2.52. The minimum atomic E-state index is -1.05. The van der Waals surface area contributed by atoms with Crippen LogP contribution in [0.5, 0.6) is 0 Å². The Morgan fingerprint density at radius 1 is 1.32 bits per heavy atom. The SMILES string of the molecule is Cc1ccc2c(C(=O)CC(C)(C)C(=O)O)c[nH]c2c1. The number of rotatable bonds is 4. The normalized spacial score (nSPS) is 11.7. The molecule has 0 aliphatic rings. The van der Waals surface area contributed by atoms with Gasteiger partial charge in [-0.05, 0) is 32.4 Å². The smallest absolute Gasteiger partial charge is 0.309 e. The van der Waals surface area contributed by atoms with Crippen molar-refractivity contribution in [1.82, 2.24) is 4.98 Å². The van der Waals surface area contributed by atoms with Gasteiger partial charge in [-0.25, -0.2) is 0 Å². The van der Waals surface area contributed by atoms with Gasteiger partial charge in [0.05, 0.1) is 5.41 Å². The van der Waals surface area contributed by atoms with Gasteiger partial charge >= 0.3 is 5.97 Å². The number of benzene rings is 1. The minimum absolute atomic E-state index is 0.0108. The molecular weight excluding hydrogens is 242 g/mol. The molecule has 4 nitrogen and oxygen atoms in total. The number of aromatic amines is 1. The molecule has 4 heteroatoms. The van der Waals surface area contributed by atoms with E-state index in [1.807, 2.05) is 25.1 Å². The first-order valence-corrected chi connectivity index (χ1v) is 6.15. The van der Waals surface area contributed by atoms with Gasteiger partial charge in [-0.2, -0.15) is 0 Å². The van der Waals surface area contributed by atoms with Crippen LogP contribution in [0.2, 0.25) is 0 Å². The molecule has 2 aromatic rings. The van der Waals surface area contributed by atoms with E-state index < -0.39 is 11.4 Å². The zero-order valence-corrected chi connectivity index (χ0v) is 11.3. The summed E-state index contributed by atoms with van der Waals surface area (Å²) in [5.74, 6) is -1.11. The highest BCUT2D eigenvalue weighted by Crippen LogP contribution is 2.27. The van der Waals surface area contributed by atoms with E-state index in [0.29, 0.717) is 5.56 Å². The maximum Gasteiger partial charge on any atom is 0.309 e. The summed E-state index contributed by atoms with van der Waals surface area (Å²) in [6.07, 6.45) is 1.65. The molecule has 100 valence electrons. The average Bonchev–Trinajstić information content (AvgIpc) is 2.70. The molecule has 0 saturated heterocycles. The minimum Gasteiger partial charge on any atom is -0.481 e. The Kier molecular flexibility index (Phi) is 3.18. The van der Waals surface area contributed by atoms with Gasteiger partial charge in [-0.1, -0.05) is 12.1 Å². The quantitative estimate of drug-likeness (QED) is 0.828. The molecule has 1 aromatic heterocycles. The molecule has 1 heterocycles. The molecule has 0 spiro atoms. The highest BCUT2D eigenvalue weighted by molar-refractivity contribution is 6.09. The molecule has 0 aliphatic heterocycles. The van der Waals surface area contributed by atoms with Crippen LogP contribution in [-0.2, 0) is 4.79 Å². The van der Waals surface area contributed by atoms with Crippen LogP contribution in [0.4, 0.5) is 0 Å². The van der Waals surface area contributed by atoms with Crippen LogP contribution in [-0.4, -0.2) is 21.8 Å². The van der Waals surface area contributed by atoms with E-state index in [0.717, 1.165) is 16.5 Å². The van der Waals surface area contributed by atoms with E-state index in [1.165, 1.54) is 0 Å². The van der Waals surface area contributed by atoms with Crippen molar-refractivity contribution in [2.45, 2.75) is 27.2 Å². The van der Waals surface area contributed by atoms with E-state index in [9.17, 15) is 9.59 Å². The van der Waals surface area contributed by atoms with Crippen LogP contribution in [0.15, 0.2) is 24.4 Å². The highest BCUT2D eigenvalue weighted by Gasteiger charge is 2.31. The number of H-pyrrole nitrogens is 1. The van der Waals surface area contributed by atoms with Gasteiger partial charge in [0.1, 0.15) is 0 Å². The zero-order chi connectivity index (χ0) is 14.2. The Hall–Kier alpha value is -2.10. The lowest BCUT2D eigenvalue weighted by atomic mass is 9.85. The number of hydrogen-bond acceptors (Lipinski definition) is 2. The van der Waals surface area contributed by atoms with Crippen LogP contribution in [0.25, 0.3) is 10.9 Å². The summed E-state index contributed by atoms with van der Waals surface area (Å²) in [5, 5.41) is 9.92. The molecule has 0 amide bonds. The number of carbonyl (C=O) groups excluding carboxylic acids is 1. The van der Waals surface area contributed by atoms with Gasteiger partial charge in [0.25, 0.3) is 0 Å². The highest BCUT2D eigenvalue weighted by atomic mass is 16.4. The number of aliphatic carboxylic acids is 1. The number of fused-ring (bicyclic) bond motifs is 1. The summed E-state index contributed by atoms with van der Waals surface area (Å²) in [6.45, 7) is 5.10.